The van der Waals surface area contributed by atoms with Gasteiger partial charge in [0.1, 0.15) is 17.6 Å². The van der Waals surface area contributed by atoms with Crippen molar-refractivity contribution < 1.29 is 13.2 Å². The summed E-state index contributed by atoms with van der Waals surface area (Å²) in [4.78, 5) is 5.34. The van der Waals surface area contributed by atoms with Gasteiger partial charge in [0, 0.05) is 13.1 Å². The average Bonchev–Trinajstić information content (AvgIpc) is 2.80. The predicted octanol–water partition coefficient (Wildman–Crippen LogP) is 2.15. The van der Waals surface area contributed by atoms with Crippen LogP contribution >= 0.6 is 0 Å². The van der Waals surface area contributed by atoms with Crippen LogP contribution in [-0.4, -0.2) is 24.6 Å². The molecule has 7 heteroatoms. The van der Waals surface area contributed by atoms with Crippen molar-refractivity contribution >= 4 is 5.82 Å². The van der Waals surface area contributed by atoms with E-state index in [1.165, 1.54) is 6.07 Å². The lowest BCUT2D eigenvalue weighted by Crippen LogP contribution is -2.32. The molecular weight excluding hydrogens is 269 g/mol. The number of alkyl halides is 3. The molecule has 1 atom stereocenters. The quantitative estimate of drug-likeness (QED) is 0.903. The molecule has 0 spiro atoms. The molecule has 0 aromatic carbocycles. The summed E-state index contributed by atoms with van der Waals surface area (Å²) in [5, 5.41) is 9.04. The number of rotatable bonds is 2. The van der Waals surface area contributed by atoms with Crippen LogP contribution in [0.15, 0.2) is 12.1 Å². The first-order valence-electron chi connectivity index (χ1n) is 6.22. The molecule has 1 aliphatic rings. The van der Waals surface area contributed by atoms with Gasteiger partial charge in [-0.25, -0.2) is 4.98 Å². The Balaban J connectivity index is 2.38. The first-order valence-corrected chi connectivity index (χ1v) is 6.22. The molecule has 2 rings (SSSR count). The zero-order valence-corrected chi connectivity index (χ0v) is 11.0. The Kier molecular flexibility index (Phi) is 3.61. The molecule has 1 fully saturated rings. The number of anilines is 1. The summed E-state index contributed by atoms with van der Waals surface area (Å²) in [6.45, 7) is 3.49. The van der Waals surface area contributed by atoms with Crippen molar-refractivity contribution in [3.63, 3.8) is 0 Å². The number of nitrogens with zero attached hydrogens (tertiary/aromatic N) is 3. The van der Waals surface area contributed by atoms with Crippen LogP contribution in [0.3, 0.4) is 0 Å². The van der Waals surface area contributed by atoms with Gasteiger partial charge in [-0.1, -0.05) is 6.92 Å². The predicted molar refractivity (Wildman–Crippen MR) is 67.9 cm³/mol. The van der Waals surface area contributed by atoms with Crippen molar-refractivity contribution in [3.8, 4) is 6.07 Å². The Labute approximate surface area is 115 Å². The Bertz CT molecular complexity index is 550. The van der Waals surface area contributed by atoms with Crippen molar-refractivity contribution in [1.82, 2.24) is 4.98 Å². The van der Waals surface area contributed by atoms with Gasteiger partial charge in [0.25, 0.3) is 0 Å². The molecule has 1 aliphatic heterocycles. The normalized spacial score (nSPS) is 22.9. The number of aromatic nitrogens is 1. The summed E-state index contributed by atoms with van der Waals surface area (Å²) < 4.78 is 38.2. The summed E-state index contributed by atoms with van der Waals surface area (Å²) in [7, 11) is 0. The fourth-order valence-corrected chi connectivity index (χ4v) is 2.31. The van der Waals surface area contributed by atoms with Gasteiger partial charge in [0.05, 0.1) is 5.56 Å². The Morgan fingerprint density at radius 2 is 2.20 bits per heavy atom. The van der Waals surface area contributed by atoms with Crippen LogP contribution in [0, 0.1) is 16.7 Å². The standard InChI is InChI=1S/C13H15F3N4/c1-12(7-18)4-5-20(8-12)11-9(6-17)2-3-10(19-11)13(14,15)16/h2-3H,4-5,7-8,18H2,1H3. The summed E-state index contributed by atoms with van der Waals surface area (Å²) >= 11 is 0. The number of nitriles is 1. The van der Waals surface area contributed by atoms with Crippen LogP contribution < -0.4 is 10.6 Å². The molecule has 2 N–H and O–H groups in total. The van der Waals surface area contributed by atoms with Crippen molar-refractivity contribution in [3.05, 3.63) is 23.4 Å². The molecule has 2 heterocycles. The smallest absolute Gasteiger partial charge is 0.355 e. The molecule has 0 aliphatic carbocycles. The van der Waals surface area contributed by atoms with Gasteiger partial charge in [-0.05, 0) is 30.5 Å². The maximum absolute atomic E-state index is 12.7. The van der Waals surface area contributed by atoms with E-state index in [2.05, 4.69) is 4.98 Å². The van der Waals surface area contributed by atoms with Crippen LogP contribution in [0.1, 0.15) is 24.6 Å². The highest BCUT2D eigenvalue weighted by Gasteiger charge is 2.37. The Morgan fingerprint density at radius 3 is 2.70 bits per heavy atom. The first kappa shape index (κ1) is 14.6. The van der Waals surface area contributed by atoms with Crippen LogP contribution in [0.5, 0.6) is 0 Å². The van der Waals surface area contributed by atoms with E-state index in [1.807, 2.05) is 13.0 Å². The number of nitrogens with two attached hydrogens (primary N) is 1. The minimum Gasteiger partial charge on any atom is -0.355 e. The number of hydrogen-bond acceptors (Lipinski definition) is 4. The van der Waals surface area contributed by atoms with E-state index in [0.29, 0.717) is 19.6 Å². The molecule has 108 valence electrons. The highest BCUT2D eigenvalue weighted by atomic mass is 19.4. The molecule has 0 saturated carbocycles. The molecule has 1 saturated heterocycles. The third-order valence-electron chi connectivity index (χ3n) is 3.64. The highest BCUT2D eigenvalue weighted by Crippen LogP contribution is 2.35. The fourth-order valence-electron chi connectivity index (χ4n) is 2.31. The molecule has 0 bridgehead atoms. The minimum absolute atomic E-state index is 0.0968. The summed E-state index contributed by atoms with van der Waals surface area (Å²) in [5.41, 5.74) is 4.71. The lowest BCUT2D eigenvalue weighted by Gasteiger charge is -2.24. The molecular formula is C13H15F3N4. The highest BCUT2D eigenvalue weighted by molar-refractivity contribution is 5.55. The number of hydrogen-bond donors (Lipinski definition) is 1. The average molecular weight is 284 g/mol. The molecule has 0 amide bonds. The van der Waals surface area contributed by atoms with Gasteiger partial charge in [0.15, 0.2) is 0 Å². The van der Waals surface area contributed by atoms with Crippen LogP contribution in [0.4, 0.5) is 19.0 Å². The second-order valence-corrected chi connectivity index (χ2v) is 5.36. The Morgan fingerprint density at radius 1 is 1.50 bits per heavy atom. The lowest BCUT2D eigenvalue weighted by molar-refractivity contribution is -0.141. The van der Waals surface area contributed by atoms with Gasteiger partial charge in [-0.2, -0.15) is 18.4 Å². The van der Waals surface area contributed by atoms with Gasteiger partial charge < -0.3 is 10.6 Å². The van der Waals surface area contributed by atoms with E-state index in [0.717, 1.165) is 12.5 Å². The van der Waals surface area contributed by atoms with Crippen molar-refractivity contribution in [2.45, 2.75) is 19.5 Å². The molecule has 1 unspecified atom stereocenters. The maximum atomic E-state index is 12.7. The zero-order chi connectivity index (χ0) is 15.0. The molecule has 1 aromatic rings. The second kappa shape index (κ2) is 4.94. The van der Waals surface area contributed by atoms with Crippen LogP contribution in [0.25, 0.3) is 0 Å². The van der Waals surface area contributed by atoms with E-state index in [4.69, 9.17) is 11.0 Å². The maximum Gasteiger partial charge on any atom is 0.433 e. The van der Waals surface area contributed by atoms with Crippen LogP contribution in [-0.2, 0) is 6.18 Å². The van der Waals surface area contributed by atoms with E-state index < -0.39 is 11.9 Å². The van der Waals surface area contributed by atoms with E-state index >= 15 is 0 Å². The SMILES string of the molecule is CC1(CN)CCN(c2nc(C(F)(F)F)ccc2C#N)C1. The number of halogens is 3. The third kappa shape index (κ3) is 2.70. The van der Waals surface area contributed by atoms with Gasteiger partial charge in [-0.3, -0.25) is 0 Å². The zero-order valence-electron chi connectivity index (χ0n) is 11.0. The van der Waals surface area contributed by atoms with Crippen molar-refractivity contribution in [2.75, 3.05) is 24.5 Å². The molecule has 4 nitrogen and oxygen atoms in total. The topological polar surface area (TPSA) is 65.9 Å². The largest absolute Gasteiger partial charge is 0.433 e. The van der Waals surface area contributed by atoms with Gasteiger partial charge in [-0.15, -0.1) is 0 Å². The van der Waals surface area contributed by atoms with E-state index in [9.17, 15) is 13.2 Å². The Hall–Kier alpha value is -1.81. The van der Waals surface area contributed by atoms with Crippen LogP contribution in [0.2, 0.25) is 0 Å². The lowest BCUT2D eigenvalue weighted by atomic mass is 9.90. The van der Waals surface area contributed by atoms with Gasteiger partial charge in [0.2, 0.25) is 0 Å². The summed E-state index contributed by atoms with van der Waals surface area (Å²) in [6, 6.07) is 3.90. The molecule has 1 aromatic heterocycles. The second-order valence-electron chi connectivity index (χ2n) is 5.36. The number of pyridine rings is 1. The fraction of sp³-hybridized carbons (Fsp3) is 0.538. The summed E-state index contributed by atoms with van der Waals surface area (Å²) in [5.74, 6) is 0.0968. The molecule has 0 radical (unpaired) electrons. The summed E-state index contributed by atoms with van der Waals surface area (Å²) in [6.07, 6.45) is -3.74. The van der Waals surface area contributed by atoms with Crippen molar-refractivity contribution in [1.29, 1.82) is 5.26 Å². The first-order chi connectivity index (χ1) is 9.29. The third-order valence-corrected chi connectivity index (χ3v) is 3.64. The minimum atomic E-state index is -4.51. The van der Waals surface area contributed by atoms with E-state index in [-0.39, 0.29) is 16.8 Å². The van der Waals surface area contributed by atoms with Gasteiger partial charge >= 0.3 is 6.18 Å². The van der Waals surface area contributed by atoms with E-state index in [1.54, 1.807) is 4.90 Å². The molecule has 20 heavy (non-hydrogen) atoms. The monoisotopic (exact) mass is 284 g/mol. The van der Waals surface area contributed by atoms with Crippen molar-refractivity contribution in [2.24, 2.45) is 11.1 Å².